The van der Waals surface area contributed by atoms with Crippen molar-refractivity contribution in [2.24, 2.45) is 5.92 Å². The highest BCUT2D eigenvalue weighted by molar-refractivity contribution is 6.48. The van der Waals surface area contributed by atoms with E-state index in [1.54, 1.807) is 14.2 Å². The molecule has 5 heteroatoms. The van der Waals surface area contributed by atoms with Crippen LogP contribution >= 0.6 is 0 Å². The SMILES string of the molecule is CC/C=C\C=C\[C@H]1C[C@@H]1B1O[C@@H](C(OC)(c2ccccc2)c2ccccc2)[C@H](C(OC)(c2ccccc2)c2ccccc2)O1. The fraction of sp³-hybridized carbons (Fsp3) is 0.282. The largest absolute Gasteiger partial charge is 0.461 e. The molecule has 2 fully saturated rings. The Labute approximate surface area is 262 Å². The number of allylic oxidation sites excluding steroid dienone is 4. The van der Waals surface area contributed by atoms with Crippen molar-refractivity contribution in [1.29, 1.82) is 0 Å². The fourth-order valence-electron chi connectivity index (χ4n) is 6.91. The van der Waals surface area contributed by atoms with Crippen molar-refractivity contribution >= 4 is 7.12 Å². The highest BCUT2D eigenvalue weighted by Crippen LogP contribution is 2.56. The summed E-state index contributed by atoms with van der Waals surface area (Å²) < 4.78 is 27.8. The Kier molecular flexibility index (Phi) is 9.29. The third-order valence-corrected chi connectivity index (χ3v) is 9.17. The summed E-state index contributed by atoms with van der Waals surface area (Å²) in [6.07, 6.45) is 9.63. The smallest absolute Gasteiger partial charge is 0.402 e. The van der Waals surface area contributed by atoms with Crippen molar-refractivity contribution < 1.29 is 18.8 Å². The molecule has 4 aromatic rings. The van der Waals surface area contributed by atoms with Crippen LogP contribution in [-0.4, -0.2) is 33.5 Å². The Morgan fingerprint density at radius 1 is 0.636 bits per heavy atom. The third kappa shape index (κ3) is 5.50. The van der Waals surface area contributed by atoms with Gasteiger partial charge >= 0.3 is 7.12 Å². The molecule has 0 radical (unpaired) electrons. The van der Waals surface area contributed by atoms with Crippen LogP contribution in [0.25, 0.3) is 0 Å². The second-order valence-electron chi connectivity index (χ2n) is 11.6. The maximum absolute atomic E-state index is 7.19. The van der Waals surface area contributed by atoms with Crippen LogP contribution in [0.5, 0.6) is 0 Å². The molecule has 0 bridgehead atoms. The fourth-order valence-corrected chi connectivity index (χ4v) is 6.91. The average Bonchev–Trinajstić information content (AvgIpc) is 3.74. The van der Waals surface area contributed by atoms with E-state index >= 15 is 0 Å². The minimum atomic E-state index is -0.987. The molecule has 0 spiro atoms. The lowest BCUT2D eigenvalue weighted by Gasteiger charge is -2.47. The second kappa shape index (κ2) is 13.5. The van der Waals surface area contributed by atoms with Gasteiger partial charge in [0.25, 0.3) is 0 Å². The van der Waals surface area contributed by atoms with Crippen LogP contribution in [0.4, 0.5) is 0 Å². The topological polar surface area (TPSA) is 36.9 Å². The Morgan fingerprint density at radius 3 is 1.36 bits per heavy atom. The first-order valence-corrected chi connectivity index (χ1v) is 15.7. The summed E-state index contributed by atoms with van der Waals surface area (Å²) in [5, 5.41) is 0. The monoisotopic (exact) mass is 584 g/mol. The number of methoxy groups -OCH3 is 2. The first-order valence-electron chi connectivity index (χ1n) is 15.7. The molecule has 4 nitrogen and oxygen atoms in total. The van der Waals surface area contributed by atoms with E-state index < -0.39 is 30.5 Å². The molecule has 1 heterocycles. The van der Waals surface area contributed by atoms with E-state index in [2.05, 4.69) is 128 Å². The Morgan fingerprint density at radius 2 is 1.02 bits per heavy atom. The first kappa shape index (κ1) is 30.3. The lowest BCUT2D eigenvalue weighted by Crippen LogP contribution is -2.56. The van der Waals surface area contributed by atoms with Gasteiger partial charge in [0.15, 0.2) is 0 Å². The Balaban J connectivity index is 1.54. The number of rotatable bonds is 12. The number of hydrogen-bond donors (Lipinski definition) is 0. The molecule has 2 aliphatic rings. The van der Waals surface area contributed by atoms with Crippen LogP contribution in [0, 0.1) is 5.92 Å². The van der Waals surface area contributed by atoms with Crippen molar-refractivity contribution in [3.05, 3.63) is 168 Å². The van der Waals surface area contributed by atoms with Crippen molar-refractivity contribution in [3.63, 3.8) is 0 Å². The molecule has 1 saturated carbocycles. The van der Waals surface area contributed by atoms with E-state index in [0.717, 1.165) is 35.1 Å². The van der Waals surface area contributed by atoms with Crippen LogP contribution in [0.15, 0.2) is 146 Å². The lowest BCUT2D eigenvalue weighted by molar-refractivity contribution is -0.136. The molecule has 6 rings (SSSR count). The zero-order valence-corrected chi connectivity index (χ0v) is 25.8. The first-order chi connectivity index (χ1) is 21.7. The Bertz CT molecular complexity index is 1350. The number of hydrogen-bond acceptors (Lipinski definition) is 4. The molecule has 44 heavy (non-hydrogen) atoms. The van der Waals surface area contributed by atoms with E-state index in [4.69, 9.17) is 18.8 Å². The minimum absolute atomic E-state index is 0.232. The third-order valence-electron chi connectivity index (χ3n) is 9.17. The minimum Gasteiger partial charge on any atom is -0.402 e. The summed E-state index contributed by atoms with van der Waals surface area (Å²) in [4.78, 5) is 0. The zero-order chi connectivity index (χ0) is 30.4. The van der Waals surface area contributed by atoms with E-state index in [1.807, 2.05) is 24.3 Å². The maximum Gasteiger partial charge on any atom is 0.461 e. The van der Waals surface area contributed by atoms with Gasteiger partial charge in [-0.3, -0.25) is 0 Å². The number of benzene rings is 4. The van der Waals surface area contributed by atoms with Gasteiger partial charge in [-0.1, -0.05) is 153 Å². The molecular weight excluding hydrogens is 543 g/mol. The lowest BCUT2D eigenvalue weighted by atomic mass is 9.71. The van der Waals surface area contributed by atoms with Crippen LogP contribution in [-0.2, 0) is 30.0 Å². The normalized spacial score (nSPS) is 22.2. The predicted molar refractivity (Wildman–Crippen MR) is 177 cm³/mol. The molecule has 0 aromatic heterocycles. The summed E-state index contributed by atoms with van der Waals surface area (Å²) in [5.41, 5.74) is 2.01. The van der Waals surface area contributed by atoms with Crippen LogP contribution in [0.3, 0.4) is 0 Å². The number of ether oxygens (including phenoxy) is 2. The van der Waals surface area contributed by atoms with Gasteiger partial charge in [0.2, 0.25) is 0 Å². The van der Waals surface area contributed by atoms with Crippen LogP contribution < -0.4 is 0 Å². The second-order valence-corrected chi connectivity index (χ2v) is 11.6. The summed E-state index contributed by atoms with van der Waals surface area (Å²) in [5.74, 6) is 0.618. The summed E-state index contributed by atoms with van der Waals surface area (Å²) in [6.45, 7) is 2.15. The standard InChI is InChI=1S/C39H41BO4/c1-4-5-6-11-20-30-29-35(30)40-43-36(38(41-2,31-21-12-7-13-22-31)32-23-14-8-15-24-32)37(44-40)39(42-3,33-25-16-9-17-26-33)34-27-18-10-19-28-34/h5-28,30,35-37H,4,29H2,1-3H3/b6-5-,20-11+/t30-,35-,36+,37+/m0/s1. The van der Waals surface area contributed by atoms with E-state index in [0.29, 0.717) is 5.92 Å². The molecule has 4 atom stereocenters. The van der Waals surface area contributed by atoms with Gasteiger partial charge in [0, 0.05) is 20.0 Å². The molecule has 0 unspecified atom stereocenters. The maximum atomic E-state index is 7.19. The van der Waals surface area contributed by atoms with Crippen molar-refractivity contribution in [1.82, 2.24) is 0 Å². The molecular formula is C39H41BO4. The summed E-state index contributed by atoms with van der Waals surface area (Å²) in [6, 6.07) is 41.5. The van der Waals surface area contributed by atoms with Crippen molar-refractivity contribution in [3.8, 4) is 0 Å². The molecule has 1 aliphatic carbocycles. The molecule has 1 saturated heterocycles. The van der Waals surface area contributed by atoms with Gasteiger partial charge in [-0.2, -0.15) is 0 Å². The Hall–Kier alpha value is -3.74. The van der Waals surface area contributed by atoms with Crippen molar-refractivity contribution in [2.75, 3.05) is 14.2 Å². The highest BCUT2D eigenvalue weighted by atomic mass is 16.7. The van der Waals surface area contributed by atoms with E-state index in [1.165, 1.54) is 0 Å². The zero-order valence-electron chi connectivity index (χ0n) is 25.8. The van der Waals surface area contributed by atoms with Gasteiger partial charge in [-0.25, -0.2) is 0 Å². The van der Waals surface area contributed by atoms with Crippen LogP contribution in [0.2, 0.25) is 5.82 Å². The van der Waals surface area contributed by atoms with Gasteiger partial charge in [-0.05, 0) is 41.0 Å². The van der Waals surface area contributed by atoms with E-state index in [-0.39, 0.29) is 5.82 Å². The van der Waals surface area contributed by atoms with Crippen LogP contribution in [0.1, 0.15) is 42.0 Å². The molecule has 4 aromatic carbocycles. The predicted octanol–water partition coefficient (Wildman–Crippen LogP) is 8.35. The van der Waals surface area contributed by atoms with Gasteiger partial charge < -0.3 is 18.8 Å². The summed E-state index contributed by atoms with van der Waals surface area (Å²) >= 11 is 0. The van der Waals surface area contributed by atoms with Gasteiger partial charge in [0.05, 0.1) is 0 Å². The average molecular weight is 585 g/mol. The molecule has 1 aliphatic heterocycles. The van der Waals surface area contributed by atoms with Gasteiger partial charge in [-0.15, -0.1) is 0 Å². The highest BCUT2D eigenvalue weighted by Gasteiger charge is 2.65. The molecule has 224 valence electrons. The summed E-state index contributed by atoms with van der Waals surface area (Å²) in [7, 11) is 3.12. The van der Waals surface area contributed by atoms with E-state index in [9.17, 15) is 0 Å². The van der Waals surface area contributed by atoms with Crippen molar-refractivity contribution in [2.45, 2.75) is 49.0 Å². The quantitative estimate of drug-likeness (QED) is 0.124. The van der Waals surface area contributed by atoms with Gasteiger partial charge in [0.1, 0.15) is 23.4 Å². The molecule has 0 N–H and O–H groups in total. The molecule has 0 amide bonds.